The van der Waals surface area contributed by atoms with Gasteiger partial charge in [0.25, 0.3) is 0 Å². The van der Waals surface area contributed by atoms with Crippen LogP contribution >= 0.6 is 0 Å². The lowest BCUT2D eigenvalue weighted by Gasteiger charge is -2.32. The summed E-state index contributed by atoms with van der Waals surface area (Å²) in [6.07, 6.45) is 4.04. The molecule has 1 rings (SSSR count). The first-order valence-corrected chi connectivity index (χ1v) is 6.37. The molecular weight excluding hydrogens is 231 g/mol. The first kappa shape index (κ1) is 15.3. The Morgan fingerprint density at radius 1 is 1.22 bits per heavy atom. The highest BCUT2D eigenvalue weighted by Crippen LogP contribution is 2.36. The van der Waals surface area contributed by atoms with Gasteiger partial charge in [-0.15, -0.1) is 0 Å². The summed E-state index contributed by atoms with van der Waals surface area (Å²) in [5, 5.41) is 0. The molecule has 1 aliphatic rings. The van der Waals surface area contributed by atoms with E-state index in [4.69, 9.17) is 9.31 Å². The molecule has 4 nitrogen and oxygen atoms in total. The van der Waals surface area contributed by atoms with Crippen LogP contribution in [0.5, 0.6) is 0 Å². The molecule has 0 aromatic rings. The Bertz CT molecular complexity index is 307. The fourth-order valence-electron chi connectivity index (χ4n) is 1.64. The maximum atomic E-state index is 10.9. The number of rotatable bonds is 5. The van der Waals surface area contributed by atoms with E-state index in [9.17, 15) is 4.79 Å². The predicted molar refractivity (Wildman–Crippen MR) is 71.1 cm³/mol. The first-order chi connectivity index (χ1) is 8.28. The van der Waals surface area contributed by atoms with Gasteiger partial charge in [-0.3, -0.25) is 4.79 Å². The van der Waals surface area contributed by atoms with Crippen molar-refractivity contribution in [2.45, 2.75) is 58.2 Å². The zero-order chi connectivity index (χ0) is 13.8. The van der Waals surface area contributed by atoms with Gasteiger partial charge in [-0.25, -0.2) is 0 Å². The molecule has 1 heterocycles. The van der Waals surface area contributed by atoms with Gasteiger partial charge in [0.15, 0.2) is 0 Å². The summed E-state index contributed by atoms with van der Waals surface area (Å²) in [4.78, 5) is 10.9. The maximum Gasteiger partial charge on any atom is 0.486 e. The van der Waals surface area contributed by atoms with Crippen LogP contribution in [0.25, 0.3) is 0 Å². The van der Waals surface area contributed by atoms with Gasteiger partial charge in [-0.05, 0) is 40.5 Å². The molecule has 0 N–H and O–H groups in total. The lowest BCUT2D eigenvalue weighted by atomic mass is 9.89. The van der Waals surface area contributed by atoms with Crippen LogP contribution in [0.4, 0.5) is 0 Å². The third-order valence-electron chi connectivity index (χ3n) is 3.54. The minimum absolute atomic E-state index is 0.168. The molecule has 1 aliphatic heterocycles. The Kier molecular flexibility index (Phi) is 4.99. The molecule has 0 aromatic heterocycles. The van der Waals surface area contributed by atoms with E-state index in [1.165, 1.54) is 7.11 Å². The Hall–Kier alpha value is -0.805. The van der Waals surface area contributed by atoms with E-state index in [-0.39, 0.29) is 24.3 Å². The quantitative estimate of drug-likeness (QED) is 0.429. The smallest absolute Gasteiger partial charge is 0.469 e. The summed E-state index contributed by atoms with van der Waals surface area (Å²) >= 11 is 0. The number of hydrogen-bond donors (Lipinski definition) is 0. The van der Waals surface area contributed by atoms with Crippen molar-refractivity contribution in [2.75, 3.05) is 7.11 Å². The molecule has 0 aliphatic carbocycles. The molecule has 0 bridgehead atoms. The van der Waals surface area contributed by atoms with E-state index in [2.05, 4.69) is 4.74 Å². The molecule has 0 saturated carbocycles. The molecule has 0 aromatic carbocycles. The second-order valence-electron chi connectivity index (χ2n) is 5.52. The second-order valence-corrected chi connectivity index (χ2v) is 5.52. The summed E-state index contributed by atoms with van der Waals surface area (Å²) in [7, 11) is 1.11. The van der Waals surface area contributed by atoms with Crippen molar-refractivity contribution in [3.63, 3.8) is 0 Å². The van der Waals surface area contributed by atoms with Crippen LogP contribution in [-0.2, 0) is 18.8 Å². The fourth-order valence-corrected chi connectivity index (χ4v) is 1.64. The molecular formula is C13H23BO4. The van der Waals surface area contributed by atoms with Gasteiger partial charge in [0.1, 0.15) is 0 Å². The zero-order valence-corrected chi connectivity index (χ0v) is 12.0. The van der Waals surface area contributed by atoms with Crippen molar-refractivity contribution < 1.29 is 18.8 Å². The molecule has 0 radical (unpaired) electrons. The molecule has 1 saturated heterocycles. The van der Waals surface area contributed by atoms with E-state index in [1.807, 2.05) is 39.7 Å². The summed E-state index contributed by atoms with van der Waals surface area (Å²) in [5.41, 5.74) is -0.595. The highest BCUT2D eigenvalue weighted by atomic mass is 16.7. The number of methoxy groups -OCH3 is 1. The van der Waals surface area contributed by atoms with Gasteiger partial charge in [0.05, 0.1) is 18.3 Å². The van der Waals surface area contributed by atoms with Crippen LogP contribution in [-0.4, -0.2) is 31.4 Å². The number of carbonyl (C=O) groups is 1. The van der Waals surface area contributed by atoms with Gasteiger partial charge in [-0.1, -0.05) is 12.1 Å². The topological polar surface area (TPSA) is 44.8 Å². The number of hydrogen-bond acceptors (Lipinski definition) is 4. The summed E-state index contributed by atoms with van der Waals surface area (Å²) in [6.45, 7) is 8.10. The Labute approximate surface area is 110 Å². The lowest BCUT2D eigenvalue weighted by Crippen LogP contribution is -2.41. The zero-order valence-electron chi connectivity index (χ0n) is 12.0. The number of esters is 1. The van der Waals surface area contributed by atoms with Gasteiger partial charge in [0, 0.05) is 6.42 Å². The summed E-state index contributed by atoms with van der Waals surface area (Å²) in [5.74, 6) is 1.74. The van der Waals surface area contributed by atoms with E-state index >= 15 is 0 Å². The third-order valence-corrected chi connectivity index (χ3v) is 3.54. The Morgan fingerprint density at radius 3 is 2.28 bits per heavy atom. The van der Waals surface area contributed by atoms with Gasteiger partial charge in [-0.2, -0.15) is 0 Å². The number of allylic oxidation sites excluding steroid dienone is 1. The molecule has 0 atom stereocenters. The van der Waals surface area contributed by atoms with Crippen LogP contribution in [0, 0.1) is 0 Å². The standard InChI is InChI=1S/C13H23BO4/c1-12(2)13(3,4)18-14(17-12)10-8-6-7-9-11(15)16-5/h8,10H,6-7,9H2,1-5H3/b10-8+. The van der Waals surface area contributed by atoms with Crippen LogP contribution < -0.4 is 0 Å². The van der Waals surface area contributed by atoms with Crippen LogP contribution in [0.2, 0.25) is 0 Å². The second kappa shape index (κ2) is 5.89. The third kappa shape index (κ3) is 3.85. The summed E-state index contributed by atoms with van der Waals surface area (Å²) in [6, 6.07) is 0. The van der Waals surface area contributed by atoms with Gasteiger partial charge < -0.3 is 14.0 Å². The number of carbonyl (C=O) groups excluding carboxylic acids is 1. The van der Waals surface area contributed by atoms with E-state index < -0.39 is 0 Å². The minimum Gasteiger partial charge on any atom is -0.469 e. The SMILES string of the molecule is COC(=O)CCC/C=C/B1OC(C)(C)C(C)(C)O1. The molecule has 0 amide bonds. The lowest BCUT2D eigenvalue weighted by molar-refractivity contribution is -0.140. The van der Waals surface area contributed by atoms with Crippen molar-refractivity contribution >= 4 is 13.1 Å². The van der Waals surface area contributed by atoms with Crippen LogP contribution in [0.3, 0.4) is 0 Å². The van der Waals surface area contributed by atoms with Crippen molar-refractivity contribution in [2.24, 2.45) is 0 Å². The van der Waals surface area contributed by atoms with Gasteiger partial charge >= 0.3 is 13.1 Å². The Morgan fingerprint density at radius 2 is 1.78 bits per heavy atom. The molecule has 18 heavy (non-hydrogen) atoms. The molecule has 5 heteroatoms. The predicted octanol–water partition coefficient (Wildman–Crippen LogP) is 2.52. The highest BCUT2D eigenvalue weighted by Gasteiger charge is 2.49. The summed E-state index contributed by atoms with van der Waals surface area (Å²) < 4.78 is 16.2. The van der Waals surface area contributed by atoms with Gasteiger partial charge in [0.2, 0.25) is 0 Å². The molecule has 102 valence electrons. The number of unbranched alkanes of at least 4 members (excludes halogenated alkanes) is 1. The van der Waals surface area contributed by atoms with Crippen molar-refractivity contribution in [1.82, 2.24) is 0 Å². The number of ether oxygens (including phenoxy) is 1. The minimum atomic E-state index is -0.298. The van der Waals surface area contributed by atoms with Crippen molar-refractivity contribution in [3.8, 4) is 0 Å². The van der Waals surface area contributed by atoms with Crippen molar-refractivity contribution in [3.05, 3.63) is 12.1 Å². The fraction of sp³-hybridized carbons (Fsp3) is 0.769. The van der Waals surface area contributed by atoms with E-state index in [0.717, 1.165) is 12.8 Å². The van der Waals surface area contributed by atoms with E-state index in [0.29, 0.717) is 6.42 Å². The van der Waals surface area contributed by atoms with Crippen molar-refractivity contribution in [1.29, 1.82) is 0 Å². The first-order valence-electron chi connectivity index (χ1n) is 6.37. The molecule has 0 spiro atoms. The largest absolute Gasteiger partial charge is 0.486 e. The highest BCUT2D eigenvalue weighted by molar-refractivity contribution is 6.51. The Balaban J connectivity index is 2.31. The van der Waals surface area contributed by atoms with E-state index in [1.54, 1.807) is 0 Å². The monoisotopic (exact) mass is 254 g/mol. The average Bonchev–Trinajstić information content (AvgIpc) is 2.46. The van der Waals surface area contributed by atoms with Crippen LogP contribution in [0.1, 0.15) is 47.0 Å². The molecule has 0 unspecified atom stereocenters. The maximum absolute atomic E-state index is 10.9. The van der Waals surface area contributed by atoms with Crippen LogP contribution in [0.15, 0.2) is 12.1 Å². The average molecular weight is 254 g/mol. The molecule has 1 fully saturated rings. The normalized spacial score (nSPS) is 21.5.